The van der Waals surface area contributed by atoms with Gasteiger partial charge in [0.1, 0.15) is 5.75 Å². The second kappa shape index (κ2) is 9.10. The molecule has 0 aromatic heterocycles. The maximum Gasteiger partial charge on any atom is 0.201 e. The van der Waals surface area contributed by atoms with E-state index in [1.165, 1.54) is 0 Å². The lowest BCUT2D eigenvalue weighted by molar-refractivity contribution is 0.415. The molecule has 0 heterocycles. The Kier molecular flexibility index (Phi) is 6.11. The molecule has 6 heteroatoms. The smallest absolute Gasteiger partial charge is 0.201 e. The molecule has 1 N–H and O–H groups in total. The van der Waals surface area contributed by atoms with Crippen LogP contribution in [0.4, 0.5) is 11.4 Å². The van der Waals surface area contributed by atoms with Crippen LogP contribution in [0.2, 0.25) is 0 Å². The van der Waals surface area contributed by atoms with E-state index in [1.54, 1.807) is 31.4 Å². The fourth-order valence-corrected chi connectivity index (χ4v) is 2.34. The average Bonchev–Trinajstić information content (AvgIpc) is 2.75. The first-order chi connectivity index (χ1) is 13.7. The number of benzene rings is 3. The second-order valence-electron chi connectivity index (χ2n) is 6.00. The highest BCUT2D eigenvalue weighted by Gasteiger charge is 2.03. The van der Waals surface area contributed by atoms with Crippen molar-refractivity contribution >= 4 is 17.2 Å². The van der Waals surface area contributed by atoms with E-state index in [1.807, 2.05) is 55.5 Å². The summed E-state index contributed by atoms with van der Waals surface area (Å²) in [7, 11) is 1.62. The van der Waals surface area contributed by atoms with Crippen LogP contribution in [0.25, 0.3) is 0 Å². The van der Waals surface area contributed by atoms with E-state index in [0.29, 0.717) is 17.1 Å². The number of nitrogens with one attached hydrogen (secondary N) is 1. The zero-order valence-corrected chi connectivity index (χ0v) is 15.6. The van der Waals surface area contributed by atoms with E-state index in [0.717, 1.165) is 22.6 Å². The molecule has 0 aliphatic rings. The Balaban J connectivity index is 1.86. The standard InChI is InChI=1S/C22H19N5O/c1-16-3-7-18(8-4-16)22(26-24-19-9-5-17(15-23)6-10-19)27-25-20-11-13-21(28-2)14-12-20/h3-14,25H,1-2H3/b26-24?,27-22+. The van der Waals surface area contributed by atoms with E-state index < -0.39 is 0 Å². The van der Waals surface area contributed by atoms with E-state index in [4.69, 9.17) is 10.00 Å². The predicted molar refractivity (Wildman–Crippen MR) is 110 cm³/mol. The Bertz CT molecular complexity index is 1010. The summed E-state index contributed by atoms with van der Waals surface area (Å²) in [6, 6.07) is 24.3. The van der Waals surface area contributed by atoms with Crippen molar-refractivity contribution < 1.29 is 4.74 Å². The fraction of sp³-hybridized carbons (Fsp3) is 0.0909. The van der Waals surface area contributed by atoms with Gasteiger partial charge in [-0.3, -0.25) is 5.43 Å². The number of hydrogen-bond acceptors (Lipinski definition) is 5. The Labute approximate surface area is 163 Å². The normalized spacial score (nSPS) is 11.2. The third-order valence-electron chi connectivity index (χ3n) is 3.95. The van der Waals surface area contributed by atoms with Crippen LogP contribution in [-0.2, 0) is 0 Å². The van der Waals surface area contributed by atoms with Crippen molar-refractivity contribution in [2.24, 2.45) is 15.3 Å². The van der Waals surface area contributed by atoms with E-state index >= 15 is 0 Å². The monoisotopic (exact) mass is 369 g/mol. The van der Waals surface area contributed by atoms with Crippen molar-refractivity contribution in [3.8, 4) is 11.8 Å². The van der Waals surface area contributed by atoms with Gasteiger partial charge in [0, 0.05) is 5.56 Å². The summed E-state index contributed by atoms with van der Waals surface area (Å²) in [5.74, 6) is 1.22. The van der Waals surface area contributed by atoms with Crippen LogP contribution < -0.4 is 10.2 Å². The van der Waals surface area contributed by atoms with Gasteiger partial charge in [0.15, 0.2) is 0 Å². The van der Waals surface area contributed by atoms with Gasteiger partial charge in [-0.1, -0.05) is 29.8 Å². The van der Waals surface area contributed by atoms with Crippen molar-refractivity contribution in [3.05, 3.63) is 89.5 Å². The molecule has 0 fully saturated rings. The number of ether oxygens (including phenoxy) is 1. The van der Waals surface area contributed by atoms with E-state index in [-0.39, 0.29) is 0 Å². The average molecular weight is 369 g/mol. The van der Waals surface area contributed by atoms with Gasteiger partial charge >= 0.3 is 0 Å². The SMILES string of the molecule is COc1ccc(N/N=C(/N=Nc2ccc(C#N)cc2)c2ccc(C)cc2)cc1. The second-order valence-corrected chi connectivity index (χ2v) is 6.00. The number of amidine groups is 1. The van der Waals surface area contributed by atoms with Crippen LogP contribution in [0.1, 0.15) is 16.7 Å². The third kappa shape index (κ3) is 5.02. The lowest BCUT2D eigenvalue weighted by Gasteiger charge is -2.05. The van der Waals surface area contributed by atoms with Gasteiger partial charge in [0.05, 0.1) is 30.1 Å². The highest BCUT2D eigenvalue weighted by atomic mass is 16.5. The van der Waals surface area contributed by atoms with Crippen molar-refractivity contribution in [2.75, 3.05) is 12.5 Å². The van der Waals surface area contributed by atoms with Crippen LogP contribution in [-0.4, -0.2) is 12.9 Å². The van der Waals surface area contributed by atoms with Gasteiger partial charge in [-0.15, -0.1) is 10.2 Å². The lowest BCUT2D eigenvalue weighted by Crippen LogP contribution is -2.01. The first-order valence-corrected chi connectivity index (χ1v) is 8.64. The molecular weight excluding hydrogens is 350 g/mol. The van der Waals surface area contributed by atoms with Gasteiger partial charge in [0.25, 0.3) is 0 Å². The molecule has 0 spiro atoms. The minimum Gasteiger partial charge on any atom is -0.497 e. The molecular formula is C22H19N5O. The van der Waals surface area contributed by atoms with Crippen LogP contribution in [0.15, 0.2) is 88.1 Å². The number of rotatable bonds is 5. The number of hydrazone groups is 1. The summed E-state index contributed by atoms with van der Waals surface area (Å²) in [5.41, 5.74) is 7.01. The molecule has 0 bridgehead atoms. The van der Waals surface area contributed by atoms with Crippen LogP contribution in [0.3, 0.4) is 0 Å². The number of nitriles is 1. The predicted octanol–water partition coefficient (Wildman–Crippen LogP) is 5.43. The van der Waals surface area contributed by atoms with E-state index in [2.05, 4.69) is 26.8 Å². The summed E-state index contributed by atoms with van der Waals surface area (Å²) in [6.45, 7) is 2.02. The molecule has 0 amide bonds. The third-order valence-corrected chi connectivity index (χ3v) is 3.95. The molecule has 28 heavy (non-hydrogen) atoms. The van der Waals surface area contributed by atoms with Crippen molar-refractivity contribution in [2.45, 2.75) is 6.92 Å². The number of nitrogens with zero attached hydrogens (tertiary/aromatic N) is 4. The van der Waals surface area contributed by atoms with Crippen LogP contribution >= 0.6 is 0 Å². The van der Waals surface area contributed by atoms with Gasteiger partial charge in [-0.05, 0) is 55.5 Å². The highest BCUT2D eigenvalue weighted by molar-refractivity contribution is 5.99. The Morgan fingerprint density at radius 1 is 0.929 bits per heavy atom. The zero-order valence-electron chi connectivity index (χ0n) is 15.6. The first kappa shape index (κ1) is 18.8. The molecule has 0 unspecified atom stereocenters. The topological polar surface area (TPSA) is 82.1 Å². The maximum atomic E-state index is 8.89. The first-order valence-electron chi connectivity index (χ1n) is 8.64. The molecule has 3 rings (SSSR count). The minimum atomic E-state index is 0.445. The molecule has 0 radical (unpaired) electrons. The molecule has 0 saturated carbocycles. The Morgan fingerprint density at radius 3 is 2.21 bits per heavy atom. The molecule has 3 aromatic carbocycles. The van der Waals surface area contributed by atoms with Gasteiger partial charge in [-0.2, -0.15) is 10.4 Å². The molecule has 0 atom stereocenters. The quantitative estimate of drug-likeness (QED) is 0.282. The summed E-state index contributed by atoms with van der Waals surface area (Å²) in [6.07, 6.45) is 0. The van der Waals surface area contributed by atoms with Gasteiger partial charge in [-0.25, -0.2) is 0 Å². The lowest BCUT2D eigenvalue weighted by atomic mass is 10.1. The summed E-state index contributed by atoms with van der Waals surface area (Å²) in [4.78, 5) is 0. The number of methoxy groups -OCH3 is 1. The number of anilines is 1. The number of hydrogen-bond donors (Lipinski definition) is 1. The van der Waals surface area contributed by atoms with Gasteiger partial charge in [0.2, 0.25) is 5.84 Å². The summed E-state index contributed by atoms with van der Waals surface area (Å²) >= 11 is 0. The van der Waals surface area contributed by atoms with Crippen LogP contribution in [0.5, 0.6) is 5.75 Å². The molecule has 0 aliphatic heterocycles. The van der Waals surface area contributed by atoms with Crippen LogP contribution in [0, 0.1) is 18.3 Å². The summed E-state index contributed by atoms with van der Waals surface area (Å²) < 4.78 is 5.16. The Hall–Kier alpha value is -3.98. The van der Waals surface area contributed by atoms with Crippen molar-refractivity contribution in [3.63, 3.8) is 0 Å². The van der Waals surface area contributed by atoms with Gasteiger partial charge < -0.3 is 4.74 Å². The maximum absolute atomic E-state index is 8.89. The van der Waals surface area contributed by atoms with Crippen molar-refractivity contribution in [1.82, 2.24) is 0 Å². The molecule has 138 valence electrons. The highest BCUT2D eigenvalue weighted by Crippen LogP contribution is 2.17. The minimum absolute atomic E-state index is 0.445. The summed E-state index contributed by atoms with van der Waals surface area (Å²) in [5, 5.41) is 21.8. The molecule has 0 saturated heterocycles. The fourth-order valence-electron chi connectivity index (χ4n) is 2.34. The van der Waals surface area contributed by atoms with Crippen molar-refractivity contribution in [1.29, 1.82) is 5.26 Å². The number of azo groups is 1. The molecule has 3 aromatic rings. The number of aryl methyl sites for hydroxylation is 1. The Morgan fingerprint density at radius 2 is 1.61 bits per heavy atom. The molecule has 0 aliphatic carbocycles. The zero-order chi connectivity index (χ0) is 19.8. The molecule has 6 nitrogen and oxygen atoms in total. The largest absolute Gasteiger partial charge is 0.497 e. The van der Waals surface area contributed by atoms with E-state index in [9.17, 15) is 0 Å².